The van der Waals surface area contributed by atoms with Crippen LogP contribution in [0.3, 0.4) is 0 Å². The summed E-state index contributed by atoms with van der Waals surface area (Å²) in [5.74, 6) is 2.07. The van der Waals surface area contributed by atoms with Gasteiger partial charge in [0.15, 0.2) is 0 Å². The van der Waals surface area contributed by atoms with E-state index in [1.54, 1.807) is 0 Å². The molecule has 0 fully saturated rings. The summed E-state index contributed by atoms with van der Waals surface area (Å²) in [6, 6.07) is 21.8. The number of hydrogen-bond acceptors (Lipinski definition) is 2. The van der Waals surface area contributed by atoms with E-state index < -0.39 is 0 Å². The molecule has 6 rings (SSSR count). The van der Waals surface area contributed by atoms with Crippen molar-refractivity contribution in [1.82, 2.24) is 0 Å². The molecule has 0 unspecified atom stereocenters. The van der Waals surface area contributed by atoms with Crippen LogP contribution in [0.5, 0.6) is 11.5 Å². The predicted molar refractivity (Wildman–Crippen MR) is 141 cm³/mol. The highest BCUT2D eigenvalue weighted by molar-refractivity contribution is 5.78. The lowest BCUT2D eigenvalue weighted by Gasteiger charge is -2.23. The van der Waals surface area contributed by atoms with Crippen LogP contribution in [-0.2, 0) is 13.2 Å². The molecule has 2 heteroatoms. The lowest BCUT2D eigenvalue weighted by atomic mass is 9.91. The van der Waals surface area contributed by atoms with Gasteiger partial charge in [0, 0.05) is 16.7 Å². The van der Waals surface area contributed by atoms with Crippen LogP contribution in [0.1, 0.15) is 44.5 Å². The van der Waals surface area contributed by atoms with Crippen molar-refractivity contribution in [2.24, 2.45) is 0 Å². The fourth-order valence-electron chi connectivity index (χ4n) is 4.88. The molecule has 0 N–H and O–H groups in total. The topological polar surface area (TPSA) is 18.5 Å². The Morgan fingerprint density at radius 2 is 1.15 bits per heavy atom. The lowest BCUT2D eigenvalue weighted by molar-refractivity contribution is 0.300. The van der Waals surface area contributed by atoms with Gasteiger partial charge in [-0.3, -0.25) is 0 Å². The van der Waals surface area contributed by atoms with Gasteiger partial charge in [-0.25, -0.2) is 0 Å². The Morgan fingerprint density at radius 3 is 1.91 bits per heavy atom. The van der Waals surface area contributed by atoms with E-state index in [2.05, 4.69) is 102 Å². The van der Waals surface area contributed by atoms with Gasteiger partial charge in [0.2, 0.25) is 0 Å². The molecule has 2 nitrogen and oxygen atoms in total. The molecular formula is C32H32O2. The summed E-state index contributed by atoms with van der Waals surface area (Å²) < 4.78 is 11.8. The van der Waals surface area contributed by atoms with Gasteiger partial charge in [0.1, 0.15) is 24.7 Å². The second kappa shape index (κ2) is 8.68. The van der Waals surface area contributed by atoms with Gasteiger partial charge >= 0.3 is 0 Å². The number of benzene rings is 4. The number of fused-ring (bicyclic) bond motifs is 6. The van der Waals surface area contributed by atoms with Gasteiger partial charge in [-0.15, -0.1) is 0 Å². The Hall–Kier alpha value is -3.52. The first-order valence-corrected chi connectivity index (χ1v) is 12.0. The predicted octanol–water partition coefficient (Wildman–Crippen LogP) is 8.34. The van der Waals surface area contributed by atoms with Gasteiger partial charge in [0.25, 0.3) is 0 Å². The minimum absolute atomic E-state index is 0.689. The first-order valence-electron chi connectivity index (χ1n) is 12.0. The number of hydrogen-bond donors (Lipinski definition) is 0. The summed E-state index contributed by atoms with van der Waals surface area (Å²) in [7, 11) is 0. The highest BCUT2D eigenvalue weighted by Crippen LogP contribution is 2.41. The first kappa shape index (κ1) is 22.3. The maximum atomic E-state index is 5.92. The summed E-state index contributed by atoms with van der Waals surface area (Å²) in [5.41, 5.74) is 15.5. The average molecular weight is 449 g/mol. The van der Waals surface area contributed by atoms with Gasteiger partial charge in [-0.1, -0.05) is 60.2 Å². The molecule has 2 aliphatic rings. The fourth-order valence-corrected chi connectivity index (χ4v) is 4.88. The molecular weight excluding hydrogens is 416 g/mol. The molecule has 0 saturated heterocycles. The van der Waals surface area contributed by atoms with Crippen molar-refractivity contribution in [2.45, 2.75) is 54.8 Å². The van der Waals surface area contributed by atoms with Crippen LogP contribution >= 0.6 is 0 Å². The zero-order chi connectivity index (χ0) is 24.0. The zero-order valence-corrected chi connectivity index (χ0v) is 21.0. The van der Waals surface area contributed by atoms with Gasteiger partial charge in [-0.05, 0) is 92.1 Å². The van der Waals surface area contributed by atoms with Crippen molar-refractivity contribution in [2.75, 3.05) is 0 Å². The Balaban J connectivity index is 0.000000142. The van der Waals surface area contributed by atoms with Crippen LogP contribution < -0.4 is 9.47 Å². The van der Waals surface area contributed by atoms with Crippen LogP contribution in [0, 0.1) is 41.5 Å². The maximum Gasteiger partial charge on any atom is 0.130 e. The molecule has 0 amide bonds. The zero-order valence-electron chi connectivity index (χ0n) is 21.0. The lowest BCUT2D eigenvalue weighted by Crippen LogP contribution is -2.08. The van der Waals surface area contributed by atoms with Crippen molar-refractivity contribution < 1.29 is 9.47 Å². The van der Waals surface area contributed by atoms with Crippen LogP contribution in [0.25, 0.3) is 22.3 Å². The molecule has 172 valence electrons. The Bertz CT molecular complexity index is 1300. The van der Waals surface area contributed by atoms with Crippen LogP contribution in [-0.4, -0.2) is 0 Å². The maximum absolute atomic E-state index is 5.92. The Kier molecular flexibility index (Phi) is 5.69. The van der Waals surface area contributed by atoms with Crippen LogP contribution in [0.15, 0.2) is 60.7 Å². The molecule has 34 heavy (non-hydrogen) atoms. The fraction of sp³-hybridized carbons (Fsp3) is 0.250. The van der Waals surface area contributed by atoms with Crippen molar-refractivity contribution in [3.05, 3.63) is 105 Å². The third-order valence-electron chi connectivity index (χ3n) is 7.27. The largest absolute Gasteiger partial charge is 0.488 e. The molecule has 0 bridgehead atoms. The second-order valence-corrected chi connectivity index (χ2v) is 9.66. The Morgan fingerprint density at radius 1 is 0.529 bits per heavy atom. The summed E-state index contributed by atoms with van der Waals surface area (Å²) >= 11 is 0. The average Bonchev–Trinajstić information content (AvgIpc) is 2.83. The van der Waals surface area contributed by atoms with E-state index >= 15 is 0 Å². The number of ether oxygens (including phenoxy) is 2. The van der Waals surface area contributed by atoms with E-state index in [9.17, 15) is 0 Å². The third kappa shape index (κ3) is 3.88. The SMILES string of the molecule is Cc1ccc2c(c1)COc1c-2ccc(C)c1C.Cc1ccc2c(c1)OCc1c-2ccc(C)c1C. The van der Waals surface area contributed by atoms with E-state index in [1.807, 2.05) is 0 Å². The van der Waals surface area contributed by atoms with Gasteiger partial charge in [-0.2, -0.15) is 0 Å². The monoisotopic (exact) mass is 448 g/mol. The number of rotatable bonds is 0. The van der Waals surface area contributed by atoms with Crippen molar-refractivity contribution in [3.8, 4) is 33.8 Å². The summed E-state index contributed by atoms with van der Waals surface area (Å²) in [5, 5.41) is 0. The van der Waals surface area contributed by atoms with Crippen LogP contribution in [0.2, 0.25) is 0 Å². The van der Waals surface area contributed by atoms with Crippen molar-refractivity contribution in [3.63, 3.8) is 0 Å². The van der Waals surface area contributed by atoms with Crippen molar-refractivity contribution in [1.29, 1.82) is 0 Å². The molecule has 4 aromatic rings. The summed E-state index contributed by atoms with van der Waals surface area (Å²) in [4.78, 5) is 0. The molecule has 2 aliphatic heterocycles. The normalized spacial score (nSPS) is 12.6. The third-order valence-corrected chi connectivity index (χ3v) is 7.27. The minimum atomic E-state index is 0.689. The molecule has 2 heterocycles. The molecule has 0 saturated carbocycles. The molecule has 0 atom stereocenters. The van der Waals surface area contributed by atoms with Gasteiger partial charge in [0.05, 0.1) is 0 Å². The van der Waals surface area contributed by atoms with Gasteiger partial charge < -0.3 is 9.47 Å². The summed E-state index contributed by atoms with van der Waals surface area (Å²) in [6.45, 7) is 14.2. The highest BCUT2D eigenvalue weighted by atomic mass is 16.5. The molecule has 0 aromatic heterocycles. The second-order valence-electron chi connectivity index (χ2n) is 9.66. The van der Waals surface area contributed by atoms with E-state index in [0.29, 0.717) is 13.2 Å². The molecule has 0 radical (unpaired) electrons. The molecule has 4 aromatic carbocycles. The quantitative estimate of drug-likeness (QED) is 0.269. The van der Waals surface area contributed by atoms with E-state index in [-0.39, 0.29) is 0 Å². The number of aryl methyl sites for hydroxylation is 4. The molecule has 0 aliphatic carbocycles. The van der Waals surface area contributed by atoms with E-state index in [0.717, 1.165) is 11.5 Å². The van der Waals surface area contributed by atoms with E-state index in [4.69, 9.17) is 9.47 Å². The Labute approximate surface area is 203 Å². The smallest absolute Gasteiger partial charge is 0.130 e. The minimum Gasteiger partial charge on any atom is -0.488 e. The van der Waals surface area contributed by atoms with E-state index in [1.165, 1.54) is 66.8 Å². The standard InChI is InChI=1S/2C16H16O/c1-10-4-6-14-13(8-10)9-17-16-12(3)11(2)5-7-15(14)16;1-10-4-6-14-13-7-5-11(2)12(3)15(13)9-17-16(14)8-10/h2*4-8H,9H2,1-3H3. The molecule has 0 spiro atoms. The highest BCUT2D eigenvalue weighted by Gasteiger charge is 2.20. The first-order chi connectivity index (χ1) is 16.3. The van der Waals surface area contributed by atoms with Crippen LogP contribution in [0.4, 0.5) is 0 Å². The van der Waals surface area contributed by atoms with Crippen molar-refractivity contribution >= 4 is 0 Å². The summed E-state index contributed by atoms with van der Waals surface area (Å²) in [6.07, 6.45) is 0.